The third-order valence-corrected chi connectivity index (χ3v) is 4.92. The van der Waals surface area contributed by atoms with E-state index in [0.29, 0.717) is 35.7 Å². The van der Waals surface area contributed by atoms with Gasteiger partial charge in [-0.15, -0.1) is 0 Å². The van der Waals surface area contributed by atoms with Gasteiger partial charge in [0.25, 0.3) is 0 Å². The lowest BCUT2D eigenvalue weighted by molar-refractivity contribution is 0.0512. The summed E-state index contributed by atoms with van der Waals surface area (Å²) in [6.07, 6.45) is 0. The lowest BCUT2D eigenvalue weighted by Gasteiger charge is -2.32. The van der Waals surface area contributed by atoms with Crippen molar-refractivity contribution in [1.29, 1.82) is 0 Å². The molecule has 0 aliphatic rings. The first-order valence-corrected chi connectivity index (χ1v) is 10.4. The molecule has 1 aromatic heterocycles. The van der Waals surface area contributed by atoms with Crippen molar-refractivity contribution >= 4 is 17.8 Å². The molecule has 0 spiro atoms. The Morgan fingerprint density at radius 1 is 1.17 bits per heavy atom. The van der Waals surface area contributed by atoms with E-state index in [9.17, 15) is 14.4 Å². The predicted molar refractivity (Wildman–Crippen MR) is 116 cm³/mol. The zero-order valence-corrected chi connectivity index (χ0v) is 19.8. The van der Waals surface area contributed by atoms with E-state index >= 15 is 0 Å². The molecular weight excluding hydrogens is 386 g/mol. The molecule has 8 nitrogen and oxygen atoms in total. The molecule has 2 amide bonds. The number of ketones is 1. The normalized spacial score (nSPS) is 12.4. The molecule has 0 aliphatic heterocycles. The van der Waals surface area contributed by atoms with Crippen molar-refractivity contribution in [3.8, 4) is 0 Å². The molecule has 170 valence electrons. The van der Waals surface area contributed by atoms with Crippen LogP contribution in [0.1, 0.15) is 73.6 Å². The predicted octanol–water partition coefficient (Wildman–Crippen LogP) is 3.33. The van der Waals surface area contributed by atoms with Gasteiger partial charge >= 0.3 is 12.0 Å². The summed E-state index contributed by atoms with van der Waals surface area (Å²) in [6.45, 7) is 15.9. The number of hydrogen-bond donors (Lipinski definition) is 1. The van der Waals surface area contributed by atoms with Gasteiger partial charge in [0.05, 0.1) is 19.3 Å². The Bertz CT molecular complexity index is 777. The highest BCUT2D eigenvalue weighted by Crippen LogP contribution is 2.26. The largest absolute Gasteiger partial charge is 0.461 e. The summed E-state index contributed by atoms with van der Waals surface area (Å²) in [5.74, 6) is -0.670. The van der Waals surface area contributed by atoms with Crippen molar-refractivity contribution in [3.63, 3.8) is 0 Å². The number of esters is 1. The third-order valence-electron chi connectivity index (χ3n) is 4.92. The van der Waals surface area contributed by atoms with E-state index in [-0.39, 0.29) is 25.0 Å². The van der Waals surface area contributed by atoms with Crippen LogP contribution in [-0.2, 0) is 16.0 Å². The van der Waals surface area contributed by atoms with Crippen LogP contribution in [0.5, 0.6) is 0 Å². The lowest BCUT2D eigenvalue weighted by Crippen LogP contribution is -2.54. The number of aromatic nitrogens is 1. The highest BCUT2D eigenvalue weighted by Gasteiger charge is 2.33. The Morgan fingerprint density at radius 3 is 2.23 bits per heavy atom. The summed E-state index contributed by atoms with van der Waals surface area (Å²) in [6, 6.07) is -1.07. The fourth-order valence-electron chi connectivity index (χ4n) is 3.52. The van der Waals surface area contributed by atoms with Crippen LogP contribution in [0, 0.1) is 13.8 Å². The van der Waals surface area contributed by atoms with Gasteiger partial charge in [-0.2, -0.15) is 0 Å². The maximum atomic E-state index is 13.5. The van der Waals surface area contributed by atoms with E-state index in [4.69, 9.17) is 9.47 Å². The lowest BCUT2D eigenvalue weighted by atomic mass is 10.00. The molecule has 30 heavy (non-hydrogen) atoms. The van der Waals surface area contributed by atoms with Crippen molar-refractivity contribution < 1.29 is 23.9 Å². The fourth-order valence-corrected chi connectivity index (χ4v) is 3.52. The second-order valence-corrected chi connectivity index (χ2v) is 8.31. The highest BCUT2D eigenvalue weighted by molar-refractivity contribution is 6.06. The zero-order valence-electron chi connectivity index (χ0n) is 19.8. The first-order valence-electron chi connectivity index (χ1n) is 10.4. The number of amides is 2. The van der Waals surface area contributed by atoms with Crippen molar-refractivity contribution in [3.05, 3.63) is 22.5 Å². The van der Waals surface area contributed by atoms with Crippen LogP contribution in [0.25, 0.3) is 0 Å². The summed E-state index contributed by atoms with van der Waals surface area (Å²) in [7, 11) is 1.55. The minimum absolute atomic E-state index is 0.220. The Labute approximate surface area is 179 Å². The Hall–Kier alpha value is -2.35. The minimum Gasteiger partial charge on any atom is -0.461 e. The third kappa shape index (κ3) is 5.84. The molecule has 0 aliphatic carbocycles. The standard InChI is InChI=1S/C22H37N3O5/c1-10-24-15(4)17(14(3)18(24)20(27)30-11-2)19(26)16(5)25(12-13-29-9)21(28)23-22(6,7)8/h16H,10-13H2,1-9H3,(H,23,28). The van der Waals surface area contributed by atoms with Crippen LogP contribution in [-0.4, -0.2) is 65.7 Å². The average molecular weight is 424 g/mol. The second-order valence-electron chi connectivity index (χ2n) is 8.31. The van der Waals surface area contributed by atoms with Gasteiger partial charge < -0.3 is 24.3 Å². The molecule has 0 saturated carbocycles. The van der Waals surface area contributed by atoms with Crippen molar-refractivity contribution in [2.45, 2.75) is 73.5 Å². The van der Waals surface area contributed by atoms with Crippen molar-refractivity contribution in [2.75, 3.05) is 26.9 Å². The maximum absolute atomic E-state index is 13.5. The smallest absolute Gasteiger partial charge is 0.355 e. The van der Waals surface area contributed by atoms with E-state index in [2.05, 4.69) is 5.32 Å². The summed E-state index contributed by atoms with van der Waals surface area (Å²) >= 11 is 0. The summed E-state index contributed by atoms with van der Waals surface area (Å²) in [5, 5.41) is 2.91. The molecule has 1 aromatic rings. The molecule has 0 aromatic carbocycles. The summed E-state index contributed by atoms with van der Waals surface area (Å²) in [5.41, 5.74) is 1.67. The molecule has 1 rings (SSSR count). The molecule has 0 bridgehead atoms. The first kappa shape index (κ1) is 25.7. The molecule has 1 atom stereocenters. The fraction of sp³-hybridized carbons (Fsp3) is 0.682. The monoisotopic (exact) mass is 423 g/mol. The van der Waals surface area contributed by atoms with Crippen LogP contribution in [0.3, 0.4) is 0 Å². The zero-order chi connectivity index (χ0) is 23.2. The number of Topliss-reactive ketones (excluding diaryl/α,β-unsaturated/α-hetero) is 1. The number of carbonyl (C=O) groups excluding carboxylic acids is 3. The second kappa shape index (κ2) is 10.6. The van der Waals surface area contributed by atoms with Crippen LogP contribution in [0.2, 0.25) is 0 Å². The van der Waals surface area contributed by atoms with Gasteiger partial charge in [0.2, 0.25) is 0 Å². The number of urea groups is 1. The number of ether oxygens (including phenoxy) is 2. The van der Waals surface area contributed by atoms with Gasteiger partial charge in [-0.25, -0.2) is 9.59 Å². The average Bonchev–Trinajstić information content (AvgIpc) is 2.89. The highest BCUT2D eigenvalue weighted by atomic mass is 16.5. The number of nitrogens with zero attached hydrogens (tertiary/aromatic N) is 2. The maximum Gasteiger partial charge on any atom is 0.355 e. The van der Waals surface area contributed by atoms with Gasteiger partial charge in [-0.3, -0.25) is 4.79 Å². The molecule has 1 N–H and O–H groups in total. The molecule has 0 saturated heterocycles. The van der Waals surface area contributed by atoms with Crippen LogP contribution >= 0.6 is 0 Å². The van der Waals surface area contributed by atoms with E-state index in [1.807, 2.05) is 34.6 Å². The van der Waals surface area contributed by atoms with E-state index in [1.54, 1.807) is 32.4 Å². The van der Waals surface area contributed by atoms with E-state index < -0.39 is 17.6 Å². The SMILES string of the molecule is CCOC(=O)c1c(C)c(C(=O)C(C)N(CCOC)C(=O)NC(C)(C)C)c(C)n1CC. The van der Waals surface area contributed by atoms with Gasteiger partial charge in [-0.1, -0.05) is 0 Å². The van der Waals surface area contributed by atoms with Gasteiger partial charge in [0.15, 0.2) is 5.78 Å². The number of methoxy groups -OCH3 is 1. The van der Waals surface area contributed by atoms with Crippen molar-refractivity contribution in [2.24, 2.45) is 0 Å². The van der Waals surface area contributed by atoms with Crippen molar-refractivity contribution in [1.82, 2.24) is 14.8 Å². The summed E-state index contributed by atoms with van der Waals surface area (Å²) < 4.78 is 12.1. The van der Waals surface area contributed by atoms with Crippen LogP contribution in [0.4, 0.5) is 4.79 Å². The van der Waals surface area contributed by atoms with Gasteiger partial charge in [0.1, 0.15) is 5.69 Å². The topological polar surface area (TPSA) is 89.9 Å². The molecular formula is C22H37N3O5. The molecule has 1 heterocycles. The Kier molecular flexibility index (Phi) is 9.09. The summed E-state index contributed by atoms with van der Waals surface area (Å²) in [4.78, 5) is 40.3. The Balaban J connectivity index is 3.37. The number of rotatable bonds is 9. The molecule has 0 fully saturated rings. The van der Waals surface area contributed by atoms with E-state index in [1.165, 1.54) is 4.90 Å². The Morgan fingerprint density at radius 2 is 1.77 bits per heavy atom. The number of carbonyl (C=O) groups is 3. The van der Waals surface area contributed by atoms with Gasteiger partial charge in [0, 0.05) is 37.0 Å². The molecule has 1 unspecified atom stereocenters. The quantitative estimate of drug-likeness (QED) is 0.486. The minimum atomic E-state index is -0.734. The number of hydrogen-bond acceptors (Lipinski definition) is 5. The molecule has 8 heteroatoms. The van der Waals surface area contributed by atoms with Crippen LogP contribution in [0.15, 0.2) is 0 Å². The number of nitrogens with one attached hydrogen (secondary N) is 1. The molecule has 0 radical (unpaired) electrons. The van der Waals surface area contributed by atoms with E-state index in [0.717, 1.165) is 0 Å². The first-order chi connectivity index (χ1) is 13.9. The van der Waals surface area contributed by atoms with Crippen LogP contribution < -0.4 is 5.32 Å². The van der Waals surface area contributed by atoms with Gasteiger partial charge in [-0.05, 0) is 61.0 Å².